The number of allylic oxidation sites excluding steroid dienone is 2. The molecule has 1 aliphatic rings. The molecule has 2 rings (SSSR count). The van der Waals surface area contributed by atoms with Gasteiger partial charge in [-0.2, -0.15) is 0 Å². The molecule has 0 heterocycles. The van der Waals surface area contributed by atoms with E-state index in [4.69, 9.17) is 0 Å². The molecule has 1 aromatic rings. The van der Waals surface area contributed by atoms with E-state index >= 15 is 0 Å². The molecule has 0 bridgehead atoms. The Labute approximate surface area is 108 Å². The fourth-order valence-electron chi connectivity index (χ4n) is 2.29. The first-order valence-electron chi connectivity index (χ1n) is 6.23. The van der Waals surface area contributed by atoms with Crippen molar-refractivity contribution in [2.45, 2.75) is 39.7 Å². The first kappa shape index (κ1) is 12.9. The van der Waals surface area contributed by atoms with Crippen molar-refractivity contribution in [1.82, 2.24) is 0 Å². The fraction of sp³-hybridized carbons (Fsp3) is 0.375. The molecule has 0 saturated heterocycles. The molecule has 1 aromatic carbocycles. The van der Waals surface area contributed by atoms with Crippen LogP contribution in [-0.2, 0) is 0 Å². The van der Waals surface area contributed by atoms with Gasteiger partial charge in [0.05, 0.1) is 5.60 Å². The third-order valence-electron chi connectivity index (χ3n) is 3.70. The molecule has 96 valence electrons. The van der Waals surface area contributed by atoms with Crippen LogP contribution in [-0.4, -0.2) is 15.8 Å². The number of aromatic hydroxyl groups is 1. The van der Waals surface area contributed by atoms with Gasteiger partial charge in [0.2, 0.25) is 0 Å². The van der Waals surface area contributed by atoms with Crippen molar-refractivity contribution in [2.24, 2.45) is 0 Å². The van der Waals surface area contributed by atoms with Crippen LogP contribution in [0.15, 0.2) is 29.9 Å². The minimum absolute atomic E-state index is 0.331. The molecular weight excluding hydrogens is 224 g/mol. The summed E-state index contributed by atoms with van der Waals surface area (Å²) in [5.74, 6) is 0.331. The SMILES string of the molecule is CC1=CC(c2cc(C)cc(C)c2O)=CCC1(C)O. The van der Waals surface area contributed by atoms with Gasteiger partial charge in [0.1, 0.15) is 5.75 Å². The highest BCUT2D eigenvalue weighted by atomic mass is 16.3. The van der Waals surface area contributed by atoms with Crippen molar-refractivity contribution in [3.63, 3.8) is 0 Å². The lowest BCUT2D eigenvalue weighted by Gasteiger charge is -2.27. The smallest absolute Gasteiger partial charge is 0.126 e. The minimum Gasteiger partial charge on any atom is -0.507 e. The van der Waals surface area contributed by atoms with Gasteiger partial charge < -0.3 is 10.2 Å². The van der Waals surface area contributed by atoms with Crippen LogP contribution < -0.4 is 0 Å². The second kappa shape index (κ2) is 4.29. The Morgan fingerprint density at radius 3 is 2.44 bits per heavy atom. The maximum absolute atomic E-state index is 10.2. The number of hydrogen-bond acceptors (Lipinski definition) is 2. The van der Waals surface area contributed by atoms with Crippen LogP contribution in [0.5, 0.6) is 5.75 Å². The van der Waals surface area contributed by atoms with Crippen molar-refractivity contribution < 1.29 is 10.2 Å². The van der Waals surface area contributed by atoms with Gasteiger partial charge in [-0.1, -0.05) is 18.2 Å². The Morgan fingerprint density at radius 1 is 1.17 bits per heavy atom. The first-order valence-corrected chi connectivity index (χ1v) is 6.23. The van der Waals surface area contributed by atoms with Crippen molar-refractivity contribution in [2.75, 3.05) is 0 Å². The summed E-state index contributed by atoms with van der Waals surface area (Å²) in [5, 5.41) is 20.3. The van der Waals surface area contributed by atoms with Gasteiger partial charge in [-0.3, -0.25) is 0 Å². The summed E-state index contributed by atoms with van der Waals surface area (Å²) < 4.78 is 0. The van der Waals surface area contributed by atoms with Crippen LogP contribution in [0.3, 0.4) is 0 Å². The molecule has 0 amide bonds. The van der Waals surface area contributed by atoms with E-state index in [0.29, 0.717) is 12.2 Å². The van der Waals surface area contributed by atoms with E-state index in [1.165, 1.54) is 0 Å². The number of aliphatic hydroxyl groups is 1. The number of benzene rings is 1. The minimum atomic E-state index is -0.766. The molecule has 0 aromatic heterocycles. The van der Waals surface area contributed by atoms with Crippen molar-refractivity contribution in [1.29, 1.82) is 0 Å². The molecule has 18 heavy (non-hydrogen) atoms. The second-order valence-electron chi connectivity index (χ2n) is 5.44. The predicted octanol–water partition coefficient (Wildman–Crippen LogP) is 3.49. The lowest BCUT2D eigenvalue weighted by atomic mass is 9.84. The van der Waals surface area contributed by atoms with Gasteiger partial charge in [-0.25, -0.2) is 0 Å². The van der Waals surface area contributed by atoms with Crippen LogP contribution in [0.25, 0.3) is 5.57 Å². The zero-order chi connectivity index (χ0) is 13.5. The van der Waals surface area contributed by atoms with Gasteiger partial charge in [0.25, 0.3) is 0 Å². The first-order chi connectivity index (χ1) is 8.31. The van der Waals surface area contributed by atoms with Crippen LogP contribution >= 0.6 is 0 Å². The summed E-state index contributed by atoms with van der Waals surface area (Å²) in [5.41, 5.74) is 4.01. The van der Waals surface area contributed by atoms with Crippen LogP contribution in [0.4, 0.5) is 0 Å². The number of phenolic OH excluding ortho intramolecular Hbond substituents is 1. The van der Waals surface area contributed by atoms with Crippen LogP contribution in [0, 0.1) is 13.8 Å². The maximum atomic E-state index is 10.2. The quantitative estimate of drug-likeness (QED) is 0.794. The molecule has 0 spiro atoms. The molecule has 0 saturated carbocycles. The average Bonchev–Trinajstić information content (AvgIpc) is 2.27. The van der Waals surface area contributed by atoms with Crippen molar-refractivity contribution in [3.05, 3.63) is 46.5 Å². The van der Waals surface area contributed by atoms with Gasteiger partial charge in [-0.15, -0.1) is 0 Å². The van der Waals surface area contributed by atoms with Gasteiger partial charge in [0.15, 0.2) is 0 Å². The summed E-state index contributed by atoms with van der Waals surface area (Å²) in [6, 6.07) is 3.95. The summed E-state index contributed by atoms with van der Waals surface area (Å²) in [6.07, 6.45) is 4.52. The van der Waals surface area contributed by atoms with Gasteiger partial charge in [-0.05, 0) is 62.5 Å². The molecule has 0 fully saturated rings. The zero-order valence-electron chi connectivity index (χ0n) is 11.4. The standard InChI is InChI=1S/C16H20O2/c1-10-7-11(2)15(17)14(8-10)13-5-6-16(4,18)12(3)9-13/h5,7-9,17-18H,6H2,1-4H3. The number of hydrogen-bond donors (Lipinski definition) is 2. The van der Waals surface area contributed by atoms with Crippen LogP contribution in [0.1, 0.15) is 37.0 Å². The van der Waals surface area contributed by atoms with E-state index in [1.807, 2.05) is 52.0 Å². The third kappa shape index (κ3) is 2.21. The monoisotopic (exact) mass is 244 g/mol. The Bertz CT molecular complexity index is 548. The second-order valence-corrected chi connectivity index (χ2v) is 5.44. The molecule has 2 nitrogen and oxygen atoms in total. The Balaban J connectivity index is 2.50. The summed E-state index contributed by atoms with van der Waals surface area (Å²) in [7, 11) is 0. The maximum Gasteiger partial charge on any atom is 0.126 e. The normalized spacial score (nSPS) is 23.6. The van der Waals surface area contributed by atoms with E-state index in [-0.39, 0.29) is 0 Å². The molecule has 0 radical (unpaired) electrons. The fourth-order valence-corrected chi connectivity index (χ4v) is 2.29. The highest BCUT2D eigenvalue weighted by molar-refractivity contribution is 5.80. The molecule has 1 unspecified atom stereocenters. The lowest BCUT2D eigenvalue weighted by molar-refractivity contribution is 0.101. The average molecular weight is 244 g/mol. The number of rotatable bonds is 1. The van der Waals surface area contributed by atoms with Gasteiger partial charge in [0, 0.05) is 5.56 Å². The number of phenols is 1. The lowest BCUT2D eigenvalue weighted by Crippen LogP contribution is -2.26. The topological polar surface area (TPSA) is 40.5 Å². The largest absolute Gasteiger partial charge is 0.507 e. The summed E-state index contributed by atoms with van der Waals surface area (Å²) in [4.78, 5) is 0. The van der Waals surface area contributed by atoms with E-state index in [0.717, 1.165) is 27.8 Å². The third-order valence-corrected chi connectivity index (χ3v) is 3.70. The van der Waals surface area contributed by atoms with Crippen molar-refractivity contribution >= 4 is 5.57 Å². The molecule has 1 aliphatic carbocycles. The Hall–Kier alpha value is -1.54. The zero-order valence-corrected chi connectivity index (χ0v) is 11.4. The van der Waals surface area contributed by atoms with E-state index in [2.05, 4.69) is 0 Å². The van der Waals surface area contributed by atoms with Crippen LogP contribution in [0.2, 0.25) is 0 Å². The highest BCUT2D eigenvalue weighted by Gasteiger charge is 2.25. The Kier molecular flexibility index (Phi) is 3.07. The molecule has 0 aliphatic heterocycles. The number of aryl methyl sites for hydroxylation is 2. The van der Waals surface area contributed by atoms with E-state index in [9.17, 15) is 10.2 Å². The van der Waals surface area contributed by atoms with Gasteiger partial charge >= 0.3 is 0 Å². The van der Waals surface area contributed by atoms with Crippen molar-refractivity contribution in [3.8, 4) is 5.75 Å². The van der Waals surface area contributed by atoms with E-state index in [1.54, 1.807) is 0 Å². The molecular formula is C16H20O2. The molecule has 2 heteroatoms. The van der Waals surface area contributed by atoms with E-state index < -0.39 is 5.60 Å². The molecule has 2 N–H and O–H groups in total. The molecule has 1 atom stereocenters. The highest BCUT2D eigenvalue weighted by Crippen LogP contribution is 2.36. The summed E-state index contributed by atoms with van der Waals surface area (Å²) >= 11 is 0. The predicted molar refractivity (Wildman–Crippen MR) is 74.6 cm³/mol. The Morgan fingerprint density at radius 2 is 1.83 bits per heavy atom. The summed E-state index contributed by atoms with van der Waals surface area (Å²) in [6.45, 7) is 7.66.